The molecule has 25 heavy (non-hydrogen) atoms. The lowest BCUT2D eigenvalue weighted by Crippen LogP contribution is -2.22. The number of para-hydroxylation sites is 1. The first kappa shape index (κ1) is 15.8. The lowest BCUT2D eigenvalue weighted by atomic mass is 10.2. The van der Waals surface area contributed by atoms with Crippen LogP contribution in [0, 0.1) is 0 Å². The van der Waals surface area contributed by atoms with Gasteiger partial charge >= 0.3 is 0 Å². The van der Waals surface area contributed by atoms with Crippen molar-refractivity contribution in [2.24, 2.45) is 0 Å². The van der Waals surface area contributed by atoms with Crippen LogP contribution in [0.1, 0.15) is 6.92 Å². The van der Waals surface area contributed by atoms with E-state index in [0.717, 1.165) is 15.9 Å². The molecule has 1 atom stereocenters. The van der Waals surface area contributed by atoms with Gasteiger partial charge in [-0.15, -0.1) is 0 Å². The molecule has 6 heteroatoms. The van der Waals surface area contributed by atoms with Crippen molar-refractivity contribution in [2.45, 2.75) is 17.2 Å². The predicted molar refractivity (Wildman–Crippen MR) is 98.3 cm³/mol. The molecule has 4 rings (SSSR count). The maximum Gasteiger partial charge on any atom is 0.237 e. The highest BCUT2D eigenvalue weighted by Gasteiger charge is 2.18. The van der Waals surface area contributed by atoms with E-state index in [2.05, 4.69) is 10.3 Å². The number of aromatic nitrogens is 1. The minimum Gasteiger partial charge on any atom is -0.454 e. The van der Waals surface area contributed by atoms with Gasteiger partial charge in [0.2, 0.25) is 12.7 Å². The van der Waals surface area contributed by atoms with Crippen molar-refractivity contribution in [1.82, 2.24) is 4.98 Å². The van der Waals surface area contributed by atoms with E-state index in [4.69, 9.17) is 9.47 Å². The summed E-state index contributed by atoms with van der Waals surface area (Å²) in [7, 11) is 0. The molecular weight excluding hydrogens is 336 g/mol. The Morgan fingerprint density at radius 3 is 2.88 bits per heavy atom. The Bertz CT molecular complexity index is 945. The molecule has 1 aliphatic heterocycles. The number of pyridine rings is 1. The van der Waals surface area contributed by atoms with Crippen LogP contribution in [0.25, 0.3) is 10.9 Å². The average molecular weight is 352 g/mol. The molecule has 0 bridgehead atoms. The minimum atomic E-state index is -0.279. The van der Waals surface area contributed by atoms with E-state index in [1.807, 2.05) is 43.3 Å². The molecule has 3 aromatic rings. The Kier molecular flexibility index (Phi) is 4.19. The van der Waals surface area contributed by atoms with E-state index < -0.39 is 0 Å². The zero-order valence-corrected chi connectivity index (χ0v) is 14.4. The molecule has 0 unspecified atom stereocenters. The number of amides is 1. The lowest BCUT2D eigenvalue weighted by molar-refractivity contribution is -0.115. The van der Waals surface area contributed by atoms with Crippen LogP contribution in [-0.4, -0.2) is 22.9 Å². The molecule has 1 N–H and O–H groups in total. The average Bonchev–Trinajstić information content (AvgIpc) is 3.09. The Labute approximate surface area is 149 Å². The fourth-order valence-electron chi connectivity index (χ4n) is 2.57. The fourth-order valence-corrected chi connectivity index (χ4v) is 3.39. The number of carbonyl (C=O) groups excluding carboxylic acids is 1. The number of fused-ring (bicyclic) bond motifs is 2. The van der Waals surface area contributed by atoms with E-state index in [0.29, 0.717) is 17.2 Å². The molecule has 0 aliphatic carbocycles. The maximum absolute atomic E-state index is 12.4. The number of benzene rings is 2. The largest absolute Gasteiger partial charge is 0.454 e. The first-order valence-electron chi connectivity index (χ1n) is 7.92. The molecule has 5 nitrogen and oxygen atoms in total. The Morgan fingerprint density at radius 2 is 1.96 bits per heavy atom. The number of hydrogen-bond donors (Lipinski definition) is 1. The third kappa shape index (κ3) is 3.39. The number of thioether (sulfide) groups is 1. The summed E-state index contributed by atoms with van der Waals surface area (Å²) in [6, 6.07) is 17.3. The van der Waals surface area contributed by atoms with Crippen LogP contribution in [0.2, 0.25) is 0 Å². The van der Waals surface area contributed by atoms with Crippen molar-refractivity contribution >= 4 is 34.3 Å². The van der Waals surface area contributed by atoms with Crippen LogP contribution in [0.3, 0.4) is 0 Å². The maximum atomic E-state index is 12.4. The summed E-state index contributed by atoms with van der Waals surface area (Å²) in [4.78, 5) is 17.0. The normalized spacial score (nSPS) is 13.6. The van der Waals surface area contributed by atoms with Crippen LogP contribution in [0.15, 0.2) is 59.6 Å². The van der Waals surface area contributed by atoms with Crippen molar-refractivity contribution in [1.29, 1.82) is 0 Å². The zero-order valence-electron chi connectivity index (χ0n) is 13.6. The van der Waals surface area contributed by atoms with E-state index in [9.17, 15) is 4.79 Å². The van der Waals surface area contributed by atoms with Gasteiger partial charge in [0.1, 0.15) is 0 Å². The summed E-state index contributed by atoms with van der Waals surface area (Å²) in [5, 5.41) is 4.54. The van der Waals surface area contributed by atoms with Crippen molar-refractivity contribution in [3.8, 4) is 11.5 Å². The van der Waals surface area contributed by atoms with Crippen LogP contribution in [0.5, 0.6) is 11.5 Å². The van der Waals surface area contributed by atoms with Crippen molar-refractivity contribution in [3.05, 3.63) is 54.6 Å². The summed E-state index contributed by atoms with van der Waals surface area (Å²) >= 11 is 1.43. The van der Waals surface area contributed by atoms with Gasteiger partial charge in [-0.05, 0) is 31.2 Å². The van der Waals surface area contributed by atoms with Crippen LogP contribution < -0.4 is 14.8 Å². The van der Waals surface area contributed by atoms with E-state index in [-0.39, 0.29) is 18.0 Å². The van der Waals surface area contributed by atoms with Gasteiger partial charge in [-0.25, -0.2) is 4.98 Å². The summed E-state index contributed by atoms with van der Waals surface area (Å²) in [5.74, 6) is 1.26. The quantitative estimate of drug-likeness (QED) is 0.717. The number of ether oxygens (including phenoxy) is 2. The summed E-state index contributed by atoms with van der Waals surface area (Å²) < 4.78 is 10.6. The summed E-state index contributed by atoms with van der Waals surface area (Å²) in [6.07, 6.45) is 0. The number of anilines is 1. The van der Waals surface area contributed by atoms with Gasteiger partial charge in [0, 0.05) is 17.1 Å². The molecule has 1 aliphatic rings. The summed E-state index contributed by atoms with van der Waals surface area (Å²) in [6.45, 7) is 2.08. The Hall–Kier alpha value is -2.73. The van der Waals surface area contributed by atoms with Gasteiger partial charge in [0.05, 0.1) is 15.8 Å². The highest BCUT2D eigenvalue weighted by molar-refractivity contribution is 8.00. The van der Waals surface area contributed by atoms with Crippen LogP contribution in [0.4, 0.5) is 5.69 Å². The molecule has 0 spiro atoms. The molecular formula is C19H16N2O3S. The van der Waals surface area contributed by atoms with Gasteiger partial charge in [-0.3, -0.25) is 4.79 Å². The monoisotopic (exact) mass is 352 g/mol. The highest BCUT2D eigenvalue weighted by Crippen LogP contribution is 2.34. The molecule has 1 amide bonds. The first-order valence-corrected chi connectivity index (χ1v) is 8.80. The number of hydrogen-bond acceptors (Lipinski definition) is 5. The topological polar surface area (TPSA) is 60.5 Å². The Balaban J connectivity index is 1.44. The third-order valence-electron chi connectivity index (χ3n) is 3.88. The van der Waals surface area contributed by atoms with Crippen molar-refractivity contribution in [3.63, 3.8) is 0 Å². The molecule has 2 heterocycles. The van der Waals surface area contributed by atoms with Crippen molar-refractivity contribution in [2.75, 3.05) is 12.1 Å². The van der Waals surface area contributed by atoms with E-state index in [1.165, 1.54) is 11.8 Å². The predicted octanol–water partition coefficient (Wildman–Crippen LogP) is 4.08. The van der Waals surface area contributed by atoms with Crippen molar-refractivity contribution < 1.29 is 14.3 Å². The Morgan fingerprint density at radius 1 is 1.12 bits per heavy atom. The second-order valence-corrected chi connectivity index (χ2v) is 7.02. The lowest BCUT2D eigenvalue weighted by Gasteiger charge is -2.12. The van der Waals surface area contributed by atoms with Gasteiger partial charge in [-0.2, -0.15) is 0 Å². The van der Waals surface area contributed by atoms with Crippen LogP contribution in [-0.2, 0) is 4.79 Å². The van der Waals surface area contributed by atoms with Gasteiger partial charge < -0.3 is 14.8 Å². The van der Waals surface area contributed by atoms with Gasteiger partial charge in [0.15, 0.2) is 11.5 Å². The molecule has 2 aromatic carbocycles. The fraction of sp³-hybridized carbons (Fsp3) is 0.158. The SMILES string of the molecule is C[C@@H](Sc1ccc2ccccc2n1)C(=O)Nc1ccc2c(c1)OCO2. The zero-order chi connectivity index (χ0) is 17.2. The first-order chi connectivity index (χ1) is 12.2. The minimum absolute atomic E-state index is 0.0844. The molecule has 126 valence electrons. The smallest absolute Gasteiger partial charge is 0.237 e. The summed E-state index contributed by atoms with van der Waals surface area (Å²) in [5.41, 5.74) is 1.61. The molecule has 0 saturated heterocycles. The number of nitrogens with zero attached hydrogens (tertiary/aromatic N) is 1. The second kappa shape index (κ2) is 6.64. The third-order valence-corrected chi connectivity index (χ3v) is 4.92. The van der Waals surface area contributed by atoms with E-state index >= 15 is 0 Å². The number of carbonyl (C=O) groups is 1. The number of nitrogens with one attached hydrogen (secondary N) is 1. The van der Waals surface area contributed by atoms with E-state index in [1.54, 1.807) is 18.2 Å². The molecule has 1 aromatic heterocycles. The molecule has 0 radical (unpaired) electrons. The highest BCUT2D eigenvalue weighted by atomic mass is 32.2. The molecule has 0 fully saturated rings. The second-order valence-electron chi connectivity index (χ2n) is 5.66. The number of rotatable bonds is 4. The molecule has 0 saturated carbocycles. The standard InChI is InChI=1S/C19H16N2O3S/c1-12(25-18-9-6-13-4-2-3-5-15(13)21-18)19(22)20-14-7-8-16-17(10-14)24-11-23-16/h2-10,12H,11H2,1H3,(H,20,22)/t12-/m1/s1. The van der Waals surface area contributed by atoms with Gasteiger partial charge in [-0.1, -0.05) is 36.0 Å². The van der Waals surface area contributed by atoms with Crippen LogP contribution >= 0.6 is 11.8 Å². The van der Waals surface area contributed by atoms with Gasteiger partial charge in [0.25, 0.3) is 0 Å².